The molecule has 1 unspecified atom stereocenters. The van der Waals surface area contributed by atoms with Crippen molar-refractivity contribution in [3.8, 4) is 6.07 Å². The molecule has 2 aromatic rings. The molecule has 0 aromatic heterocycles. The lowest BCUT2D eigenvalue weighted by Crippen LogP contribution is -2.08. The first-order chi connectivity index (χ1) is 9.10. The van der Waals surface area contributed by atoms with E-state index >= 15 is 0 Å². The first-order valence-corrected chi connectivity index (χ1v) is 7.43. The molecule has 0 spiro atoms. The molecule has 2 nitrogen and oxygen atoms in total. The molecule has 0 aliphatic rings. The molecule has 0 fully saturated rings. The van der Waals surface area contributed by atoms with Gasteiger partial charge in [-0.15, -0.1) is 0 Å². The van der Waals surface area contributed by atoms with Crippen molar-refractivity contribution >= 4 is 49.1 Å². The van der Waals surface area contributed by atoms with Gasteiger partial charge in [-0.1, -0.05) is 17.7 Å². The Balaban J connectivity index is 2.23. The molecular weight excluding hydrogens is 391 g/mol. The molecule has 0 bridgehead atoms. The maximum atomic E-state index is 9.29. The van der Waals surface area contributed by atoms with Crippen molar-refractivity contribution < 1.29 is 0 Å². The van der Waals surface area contributed by atoms with E-state index in [0.717, 1.165) is 20.2 Å². The van der Waals surface area contributed by atoms with Crippen LogP contribution in [0.5, 0.6) is 0 Å². The molecule has 5 heteroatoms. The van der Waals surface area contributed by atoms with Gasteiger partial charge in [-0.2, -0.15) is 5.26 Å². The Morgan fingerprint density at radius 3 is 2.32 bits per heavy atom. The number of hydrogen-bond acceptors (Lipinski definition) is 2. The van der Waals surface area contributed by atoms with E-state index in [2.05, 4.69) is 43.2 Å². The number of nitrogens with one attached hydrogen (secondary N) is 1. The molecule has 0 aliphatic carbocycles. The van der Waals surface area contributed by atoms with Crippen LogP contribution in [0, 0.1) is 11.3 Å². The Morgan fingerprint density at radius 2 is 1.74 bits per heavy atom. The van der Waals surface area contributed by atoms with Gasteiger partial charge in [0.1, 0.15) is 6.04 Å². The van der Waals surface area contributed by atoms with Gasteiger partial charge in [-0.05, 0) is 73.8 Å². The monoisotopic (exact) mass is 398 g/mol. The van der Waals surface area contributed by atoms with Crippen LogP contribution in [-0.2, 0) is 0 Å². The largest absolute Gasteiger partial charge is 0.366 e. The number of halogens is 3. The third kappa shape index (κ3) is 3.73. The van der Waals surface area contributed by atoms with E-state index in [1.54, 1.807) is 12.1 Å². The van der Waals surface area contributed by atoms with E-state index in [4.69, 9.17) is 11.6 Å². The molecule has 0 aliphatic heterocycles. The molecule has 2 aromatic carbocycles. The van der Waals surface area contributed by atoms with E-state index in [9.17, 15) is 5.26 Å². The molecule has 0 saturated heterocycles. The molecule has 0 amide bonds. The first-order valence-electron chi connectivity index (χ1n) is 5.47. The van der Waals surface area contributed by atoms with Crippen LogP contribution in [0.4, 0.5) is 5.69 Å². The van der Waals surface area contributed by atoms with Crippen LogP contribution >= 0.6 is 43.5 Å². The van der Waals surface area contributed by atoms with Gasteiger partial charge in [-0.3, -0.25) is 0 Å². The van der Waals surface area contributed by atoms with Gasteiger partial charge in [0, 0.05) is 19.7 Å². The van der Waals surface area contributed by atoms with E-state index in [0.29, 0.717) is 5.02 Å². The van der Waals surface area contributed by atoms with Gasteiger partial charge in [-0.25, -0.2) is 0 Å². The summed E-state index contributed by atoms with van der Waals surface area (Å²) in [5, 5.41) is 13.1. The van der Waals surface area contributed by atoms with Crippen LogP contribution in [0.15, 0.2) is 51.4 Å². The second-order valence-corrected chi connectivity index (χ2v) is 6.03. The quantitative estimate of drug-likeness (QED) is 0.734. The number of nitrogens with zero attached hydrogens (tertiary/aromatic N) is 1. The van der Waals surface area contributed by atoms with Gasteiger partial charge in [0.15, 0.2) is 0 Å². The van der Waals surface area contributed by atoms with E-state index in [1.165, 1.54) is 0 Å². The highest BCUT2D eigenvalue weighted by Gasteiger charge is 2.11. The summed E-state index contributed by atoms with van der Waals surface area (Å²) >= 11 is 12.7. The van der Waals surface area contributed by atoms with Crippen molar-refractivity contribution in [1.29, 1.82) is 5.26 Å². The zero-order valence-corrected chi connectivity index (χ0v) is 13.6. The van der Waals surface area contributed by atoms with Crippen LogP contribution in [0.2, 0.25) is 5.02 Å². The van der Waals surface area contributed by atoms with Crippen molar-refractivity contribution in [2.45, 2.75) is 6.04 Å². The Kier molecular flexibility index (Phi) is 4.87. The predicted molar refractivity (Wildman–Crippen MR) is 85.3 cm³/mol. The molecule has 0 saturated carbocycles. The third-order valence-electron chi connectivity index (χ3n) is 2.56. The lowest BCUT2D eigenvalue weighted by molar-refractivity contribution is 0.995. The molecular formula is C14H9Br2ClN2. The summed E-state index contributed by atoms with van der Waals surface area (Å²) in [5.74, 6) is 0. The van der Waals surface area contributed by atoms with Crippen molar-refractivity contribution in [3.63, 3.8) is 0 Å². The fourth-order valence-corrected chi connectivity index (χ4v) is 2.36. The second-order valence-electron chi connectivity index (χ2n) is 3.89. The fourth-order valence-electron chi connectivity index (χ4n) is 1.59. The van der Waals surface area contributed by atoms with Gasteiger partial charge in [0.05, 0.1) is 6.07 Å². The van der Waals surface area contributed by atoms with Crippen LogP contribution in [0.3, 0.4) is 0 Å². The molecule has 0 radical (unpaired) electrons. The highest BCUT2D eigenvalue weighted by Crippen LogP contribution is 2.28. The highest BCUT2D eigenvalue weighted by atomic mass is 79.9. The lowest BCUT2D eigenvalue weighted by Gasteiger charge is -2.14. The number of anilines is 1. The van der Waals surface area contributed by atoms with Gasteiger partial charge in [0.2, 0.25) is 0 Å². The summed E-state index contributed by atoms with van der Waals surface area (Å²) < 4.78 is 1.88. The van der Waals surface area contributed by atoms with E-state index in [1.807, 2.05) is 30.3 Å². The molecule has 2 rings (SSSR count). The third-order valence-corrected chi connectivity index (χ3v) is 4.69. The number of rotatable bonds is 3. The van der Waals surface area contributed by atoms with Crippen LogP contribution in [0.1, 0.15) is 11.6 Å². The number of nitriles is 1. The van der Waals surface area contributed by atoms with E-state index in [-0.39, 0.29) is 0 Å². The minimum absolute atomic E-state index is 0.412. The Bertz CT molecular complexity index is 620. The predicted octanol–water partition coefficient (Wildman–Crippen LogP) is 5.54. The summed E-state index contributed by atoms with van der Waals surface area (Å²) in [7, 11) is 0. The van der Waals surface area contributed by atoms with Gasteiger partial charge < -0.3 is 5.32 Å². The Hall–Kier alpha value is -1.02. The molecule has 1 N–H and O–H groups in total. The molecule has 96 valence electrons. The average molecular weight is 401 g/mol. The van der Waals surface area contributed by atoms with Gasteiger partial charge in [0.25, 0.3) is 0 Å². The molecule has 0 heterocycles. The van der Waals surface area contributed by atoms with Crippen molar-refractivity contribution in [2.24, 2.45) is 0 Å². The zero-order valence-electron chi connectivity index (χ0n) is 9.70. The first kappa shape index (κ1) is 14.4. The minimum atomic E-state index is -0.412. The fraction of sp³-hybridized carbons (Fsp3) is 0.0714. The maximum absolute atomic E-state index is 9.29. The smallest absolute Gasteiger partial charge is 0.140 e. The highest BCUT2D eigenvalue weighted by molar-refractivity contribution is 9.13. The standard InChI is InChI=1S/C14H9Br2ClN2/c15-12-6-1-9(7-13(12)16)14(8-18)19-11-4-2-10(17)3-5-11/h1-7,14,19H. The SMILES string of the molecule is N#CC(Nc1ccc(Cl)cc1)c1ccc(Br)c(Br)c1. The summed E-state index contributed by atoms with van der Waals surface area (Å²) in [5.41, 5.74) is 1.75. The normalized spacial score (nSPS) is 11.7. The van der Waals surface area contributed by atoms with Crippen LogP contribution < -0.4 is 5.32 Å². The summed E-state index contributed by atoms with van der Waals surface area (Å²) in [6.45, 7) is 0. The lowest BCUT2D eigenvalue weighted by atomic mass is 10.1. The van der Waals surface area contributed by atoms with Gasteiger partial charge >= 0.3 is 0 Å². The Morgan fingerprint density at radius 1 is 1.05 bits per heavy atom. The van der Waals surface area contributed by atoms with Crippen molar-refractivity contribution in [3.05, 3.63) is 62.0 Å². The maximum Gasteiger partial charge on any atom is 0.140 e. The summed E-state index contributed by atoms with van der Waals surface area (Å²) in [4.78, 5) is 0. The average Bonchev–Trinajstić information content (AvgIpc) is 2.41. The Labute approximate surface area is 133 Å². The summed E-state index contributed by atoms with van der Waals surface area (Å²) in [6.07, 6.45) is 0. The minimum Gasteiger partial charge on any atom is -0.366 e. The number of hydrogen-bond donors (Lipinski definition) is 1. The van der Waals surface area contributed by atoms with Crippen LogP contribution in [-0.4, -0.2) is 0 Å². The van der Waals surface area contributed by atoms with Crippen molar-refractivity contribution in [2.75, 3.05) is 5.32 Å². The summed E-state index contributed by atoms with van der Waals surface area (Å²) in [6, 6.07) is 14.8. The topological polar surface area (TPSA) is 35.8 Å². The molecule has 1 atom stereocenters. The zero-order chi connectivity index (χ0) is 13.8. The molecule has 19 heavy (non-hydrogen) atoms. The van der Waals surface area contributed by atoms with Crippen molar-refractivity contribution in [1.82, 2.24) is 0 Å². The second kappa shape index (κ2) is 6.42. The van der Waals surface area contributed by atoms with E-state index < -0.39 is 6.04 Å². The number of benzene rings is 2. The van der Waals surface area contributed by atoms with Crippen LogP contribution in [0.25, 0.3) is 0 Å².